The van der Waals surface area contributed by atoms with Crippen molar-refractivity contribution in [1.82, 2.24) is 4.90 Å². The van der Waals surface area contributed by atoms with E-state index >= 15 is 0 Å². The maximum Gasteiger partial charge on any atom is 0.259 e. The summed E-state index contributed by atoms with van der Waals surface area (Å²) in [7, 11) is 3.34. The third-order valence-corrected chi connectivity index (χ3v) is 2.53. The number of allylic oxidation sites excluding steroid dienone is 3. The van der Waals surface area contributed by atoms with Gasteiger partial charge in [0, 0.05) is 25.9 Å². The summed E-state index contributed by atoms with van der Waals surface area (Å²) >= 11 is 0. The third kappa shape index (κ3) is 6.42. The van der Waals surface area contributed by atoms with Crippen molar-refractivity contribution in [3.05, 3.63) is 48.6 Å². The fourth-order valence-corrected chi connectivity index (χ4v) is 1.35. The minimum atomic E-state index is -0.204. The van der Waals surface area contributed by atoms with Crippen LogP contribution in [0.5, 0.6) is 5.75 Å². The highest BCUT2D eigenvalue weighted by Crippen LogP contribution is 2.15. The highest BCUT2D eigenvalue weighted by molar-refractivity contribution is 5.99. The molecule has 0 aliphatic rings. The highest BCUT2D eigenvalue weighted by Gasteiger charge is 2.05. The van der Waals surface area contributed by atoms with Gasteiger partial charge < -0.3 is 15.0 Å². The van der Waals surface area contributed by atoms with Gasteiger partial charge in [0.2, 0.25) is 5.91 Å². The molecule has 2 amide bonds. The lowest BCUT2D eigenvalue weighted by atomic mass is 10.3. The molecule has 0 aliphatic carbocycles. The van der Waals surface area contributed by atoms with Gasteiger partial charge in [-0.05, 0) is 31.2 Å². The summed E-state index contributed by atoms with van der Waals surface area (Å²) in [6.45, 7) is 1.87. The first-order valence-electron chi connectivity index (χ1n) is 6.56. The molecule has 112 valence electrons. The van der Waals surface area contributed by atoms with Gasteiger partial charge in [-0.2, -0.15) is 0 Å². The normalized spacial score (nSPS) is 10.8. The summed E-state index contributed by atoms with van der Waals surface area (Å²) in [5, 5.41) is 2.72. The highest BCUT2D eigenvalue weighted by atomic mass is 16.5. The first-order valence-corrected chi connectivity index (χ1v) is 6.56. The number of nitrogens with zero attached hydrogens (tertiary/aromatic N) is 1. The van der Waals surface area contributed by atoms with E-state index in [1.807, 2.05) is 13.0 Å². The predicted octanol–water partition coefficient (Wildman–Crippen LogP) is 2.22. The summed E-state index contributed by atoms with van der Waals surface area (Å²) < 4.78 is 5.34. The maximum atomic E-state index is 11.5. The Morgan fingerprint density at radius 2 is 1.86 bits per heavy atom. The summed E-state index contributed by atoms with van der Waals surface area (Å²) in [6, 6.07) is 6.84. The Hall–Kier alpha value is -2.56. The molecule has 0 unspecified atom stereocenters. The lowest BCUT2D eigenvalue weighted by Crippen LogP contribution is -2.27. The number of anilines is 1. The molecular weight excluding hydrogens is 268 g/mol. The minimum Gasteiger partial charge on any atom is -0.484 e. The number of carbonyl (C=O) groups is 2. The number of nitrogens with one attached hydrogen (secondary N) is 1. The number of benzene rings is 1. The predicted molar refractivity (Wildman–Crippen MR) is 83.2 cm³/mol. The molecule has 1 aromatic rings. The van der Waals surface area contributed by atoms with E-state index in [9.17, 15) is 9.59 Å². The molecule has 0 heterocycles. The lowest BCUT2D eigenvalue weighted by molar-refractivity contribution is -0.130. The Labute approximate surface area is 124 Å². The van der Waals surface area contributed by atoms with Crippen LogP contribution in [0, 0.1) is 0 Å². The molecule has 0 aliphatic heterocycles. The number of hydrogen-bond acceptors (Lipinski definition) is 3. The van der Waals surface area contributed by atoms with E-state index in [1.165, 1.54) is 11.0 Å². The van der Waals surface area contributed by atoms with Crippen LogP contribution in [0.4, 0.5) is 5.69 Å². The van der Waals surface area contributed by atoms with Crippen molar-refractivity contribution in [2.75, 3.05) is 26.0 Å². The van der Waals surface area contributed by atoms with Crippen molar-refractivity contribution in [1.29, 1.82) is 0 Å². The topological polar surface area (TPSA) is 58.6 Å². The Balaban J connectivity index is 2.50. The second-order valence-corrected chi connectivity index (χ2v) is 4.48. The molecule has 0 spiro atoms. The molecule has 21 heavy (non-hydrogen) atoms. The number of amides is 2. The third-order valence-electron chi connectivity index (χ3n) is 2.53. The van der Waals surface area contributed by atoms with Gasteiger partial charge in [0.1, 0.15) is 5.75 Å². The fraction of sp³-hybridized carbons (Fsp3) is 0.250. The van der Waals surface area contributed by atoms with Crippen LogP contribution in [-0.2, 0) is 9.59 Å². The Bertz CT molecular complexity index is 531. The van der Waals surface area contributed by atoms with Crippen LogP contribution >= 0.6 is 0 Å². The smallest absolute Gasteiger partial charge is 0.259 e. The monoisotopic (exact) mass is 288 g/mol. The Morgan fingerprint density at radius 1 is 1.19 bits per heavy atom. The molecule has 0 aromatic heterocycles. The number of ether oxygens (including phenoxy) is 1. The first kappa shape index (κ1) is 16.5. The van der Waals surface area contributed by atoms with Gasteiger partial charge in [0.15, 0.2) is 6.61 Å². The zero-order valence-corrected chi connectivity index (χ0v) is 12.5. The van der Waals surface area contributed by atoms with E-state index in [0.717, 1.165) is 0 Å². The van der Waals surface area contributed by atoms with Crippen LogP contribution in [0.15, 0.2) is 48.6 Å². The van der Waals surface area contributed by atoms with Gasteiger partial charge in [-0.3, -0.25) is 9.59 Å². The van der Waals surface area contributed by atoms with Crippen LogP contribution < -0.4 is 10.1 Å². The van der Waals surface area contributed by atoms with E-state index in [2.05, 4.69) is 5.32 Å². The SMILES string of the molecule is CC=CC=CC(=O)Nc1ccc(OCC(=O)N(C)C)cc1. The molecule has 5 heteroatoms. The average Bonchev–Trinajstić information content (AvgIpc) is 2.46. The van der Waals surface area contributed by atoms with Crippen molar-refractivity contribution in [3.63, 3.8) is 0 Å². The second kappa shape index (κ2) is 8.58. The van der Waals surface area contributed by atoms with Gasteiger partial charge >= 0.3 is 0 Å². The quantitative estimate of drug-likeness (QED) is 0.645. The number of hydrogen-bond donors (Lipinski definition) is 1. The summed E-state index contributed by atoms with van der Waals surface area (Å²) in [5.41, 5.74) is 0.663. The summed E-state index contributed by atoms with van der Waals surface area (Å²) in [5.74, 6) is 0.263. The first-order chi connectivity index (χ1) is 10.0. The molecule has 0 fully saturated rings. The van der Waals surface area contributed by atoms with Crippen LogP contribution in [0.25, 0.3) is 0 Å². The van der Waals surface area contributed by atoms with Crippen molar-refractivity contribution in [3.8, 4) is 5.75 Å². The second-order valence-electron chi connectivity index (χ2n) is 4.48. The van der Waals surface area contributed by atoms with E-state index < -0.39 is 0 Å². The zero-order valence-electron chi connectivity index (χ0n) is 12.5. The van der Waals surface area contributed by atoms with Gasteiger partial charge in [0.05, 0.1) is 0 Å². The molecule has 1 N–H and O–H groups in total. The average molecular weight is 288 g/mol. The molecule has 0 saturated carbocycles. The lowest BCUT2D eigenvalue weighted by Gasteiger charge is -2.11. The van der Waals surface area contributed by atoms with Crippen molar-refractivity contribution in [2.24, 2.45) is 0 Å². The van der Waals surface area contributed by atoms with Crippen LogP contribution in [0.2, 0.25) is 0 Å². The maximum absolute atomic E-state index is 11.5. The Kier molecular flexibility index (Phi) is 6.74. The number of carbonyl (C=O) groups excluding carboxylic acids is 2. The van der Waals surface area contributed by atoms with Gasteiger partial charge in [0.25, 0.3) is 5.91 Å². The fourth-order valence-electron chi connectivity index (χ4n) is 1.35. The van der Waals surface area contributed by atoms with Crippen LogP contribution in [0.3, 0.4) is 0 Å². The zero-order chi connectivity index (χ0) is 15.7. The van der Waals surface area contributed by atoms with E-state index in [-0.39, 0.29) is 18.4 Å². The molecular formula is C16H20N2O3. The molecule has 0 bridgehead atoms. The molecule has 1 aromatic carbocycles. The standard InChI is InChI=1S/C16H20N2O3/c1-4-5-6-7-15(19)17-13-8-10-14(11-9-13)21-12-16(20)18(2)3/h4-11H,12H2,1-3H3,(H,17,19). The summed E-state index contributed by atoms with van der Waals surface area (Å²) in [6.07, 6.45) is 6.73. The number of rotatable bonds is 6. The molecule has 0 saturated heterocycles. The van der Waals surface area contributed by atoms with Gasteiger partial charge in [-0.25, -0.2) is 0 Å². The molecule has 0 radical (unpaired) electrons. The van der Waals surface area contributed by atoms with Gasteiger partial charge in [-0.15, -0.1) is 0 Å². The van der Waals surface area contributed by atoms with E-state index in [1.54, 1.807) is 50.5 Å². The van der Waals surface area contributed by atoms with Crippen molar-refractivity contribution < 1.29 is 14.3 Å². The van der Waals surface area contributed by atoms with Gasteiger partial charge in [-0.1, -0.05) is 18.2 Å². The molecule has 1 rings (SSSR count). The van der Waals surface area contributed by atoms with Crippen LogP contribution in [-0.4, -0.2) is 37.4 Å². The molecule has 5 nitrogen and oxygen atoms in total. The Morgan fingerprint density at radius 3 is 2.43 bits per heavy atom. The van der Waals surface area contributed by atoms with E-state index in [4.69, 9.17) is 4.74 Å². The van der Waals surface area contributed by atoms with E-state index in [0.29, 0.717) is 11.4 Å². The number of likely N-dealkylation sites (N-methyl/N-ethyl adjacent to an activating group) is 1. The van der Waals surface area contributed by atoms with Crippen LogP contribution in [0.1, 0.15) is 6.92 Å². The molecule has 0 atom stereocenters. The largest absolute Gasteiger partial charge is 0.484 e. The summed E-state index contributed by atoms with van der Waals surface area (Å²) in [4.78, 5) is 24.4. The van der Waals surface area contributed by atoms with Crippen molar-refractivity contribution in [2.45, 2.75) is 6.92 Å². The van der Waals surface area contributed by atoms with Crippen molar-refractivity contribution >= 4 is 17.5 Å². The minimum absolute atomic E-state index is 0.00913.